The molecule has 0 saturated carbocycles. The molecule has 2 aromatic carbocycles. The molecule has 0 aromatic heterocycles. The molecule has 0 radical (unpaired) electrons. The van der Waals surface area contributed by atoms with E-state index in [4.69, 9.17) is 0 Å². The molecule has 0 aliphatic carbocycles. The number of hydrogen-bond acceptors (Lipinski definition) is 2. The smallest absolute Gasteiger partial charge is 0.207 e. The number of rotatable bonds is 4. The second kappa shape index (κ2) is 5.55. The van der Waals surface area contributed by atoms with Gasteiger partial charge in [0.05, 0.1) is 4.90 Å². The van der Waals surface area contributed by atoms with Crippen molar-refractivity contribution in [2.75, 3.05) is 7.05 Å². The average Bonchev–Trinajstić information content (AvgIpc) is 2.39. The summed E-state index contributed by atoms with van der Waals surface area (Å²) in [5, 5.41) is 0. The van der Waals surface area contributed by atoms with E-state index in [-0.39, 0.29) is 0 Å². The molecule has 2 aromatic rings. The third kappa shape index (κ3) is 3.22. The normalized spacial score (nSPS) is 11.7. The van der Waals surface area contributed by atoms with Crippen LogP contribution in [0.15, 0.2) is 59.5 Å². The summed E-state index contributed by atoms with van der Waals surface area (Å²) in [7, 11) is -1.81. The van der Waals surface area contributed by atoms with Gasteiger partial charge >= 0.3 is 0 Å². The third-order valence-corrected chi connectivity index (χ3v) is 4.76. The lowest BCUT2D eigenvalue weighted by Gasteiger charge is -2.17. The Balaban J connectivity index is 2.23. The largest absolute Gasteiger partial charge is 0.243 e. The molecule has 0 heterocycles. The van der Waals surface area contributed by atoms with E-state index in [2.05, 4.69) is 0 Å². The Labute approximate surface area is 114 Å². The highest BCUT2D eigenvalue weighted by molar-refractivity contribution is 7.89. The maximum absolute atomic E-state index is 12.3. The molecule has 0 bridgehead atoms. The number of nitrogens with zero attached hydrogens (tertiary/aromatic N) is 1. The summed E-state index contributed by atoms with van der Waals surface area (Å²) >= 11 is 0. The molecule has 0 amide bonds. The summed E-state index contributed by atoms with van der Waals surface area (Å²) in [6.45, 7) is 2.37. The Morgan fingerprint density at radius 3 is 2.32 bits per heavy atom. The zero-order chi connectivity index (χ0) is 13.9. The van der Waals surface area contributed by atoms with Gasteiger partial charge in [-0.15, -0.1) is 0 Å². The molecule has 3 nitrogen and oxygen atoms in total. The molecular formula is C15H17NO2S. The molecular weight excluding hydrogens is 258 g/mol. The van der Waals surface area contributed by atoms with Crippen molar-refractivity contribution in [2.24, 2.45) is 0 Å². The molecule has 0 saturated heterocycles. The van der Waals surface area contributed by atoms with Crippen molar-refractivity contribution < 1.29 is 8.42 Å². The summed E-state index contributed by atoms with van der Waals surface area (Å²) in [4.78, 5) is 0.324. The first kappa shape index (κ1) is 13.8. The van der Waals surface area contributed by atoms with Gasteiger partial charge in [0.1, 0.15) is 0 Å². The first-order chi connectivity index (χ1) is 9.00. The van der Waals surface area contributed by atoms with Crippen molar-refractivity contribution in [3.8, 4) is 0 Å². The Kier molecular flexibility index (Phi) is 4.02. The minimum absolute atomic E-state index is 0.324. The van der Waals surface area contributed by atoms with Crippen molar-refractivity contribution in [2.45, 2.75) is 18.4 Å². The molecule has 0 atom stereocenters. The van der Waals surface area contributed by atoms with Crippen LogP contribution >= 0.6 is 0 Å². The van der Waals surface area contributed by atoms with Crippen LogP contribution < -0.4 is 0 Å². The SMILES string of the molecule is Cc1cccc(CN(C)S(=O)(=O)c2ccccc2)c1. The van der Waals surface area contributed by atoms with Gasteiger partial charge in [-0.05, 0) is 24.6 Å². The van der Waals surface area contributed by atoms with Crippen LogP contribution in [0.3, 0.4) is 0 Å². The van der Waals surface area contributed by atoms with E-state index in [9.17, 15) is 8.42 Å². The Bertz CT molecular complexity index is 651. The molecule has 2 rings (SSSR count). The molecule has 0 fully saturated rings. The van der Waals surface area contributed by atoms with Crippen LogP contribution in [-0.2, 0) is 16.6 Å². The fourth-order valence-electron chi connectivity index (χ4n) is 1.92. The van der Waals surface area contributed by atoms with Gasteiger partial charge in [-0.1, -0.05) is 48.0 Å². The monoisotopic (exact) mass is 275 g/mol. The topological polar surface area (TPSA) is 37.4 Å². The first-order valence-corrected chi connectivity index (χ1v) is 7.51. The highest BCUT2D eigenvalue weighted by atomic mass is 32.2. The second-order valence-electron chi connectivity index (χ2n) is 4.56. The quantitative estimate of drug-likeness (QED) is 0.860. The Hall–Kier alpha value is -1.65. The molecule has 19 heavy (non-hydrogen) atoms. The third-order valence-electron chi connectivity index (χ3n) is 2.94. The van der Waals surface area contributed by atoms with Gasteiger partial charge in [-0.25, -0.2) is 8.42 Å². The van der Waals surface area contributed by atoms with Gasteiger partial charge in [0, 0.05) is 13.6 Å². The van der Waals surface area contributed by atoms with Gasteiger partial charge < -0.3 is 0 Å². The number of sulfonamides is 1. The van der Waals surface area contributed by atoms with E-state index < -0.39 is 10.0 Å². The van der Waals surface area contributed by atoms with E-state index in [1.165, 1.54) is 4.31 Å². The van der Waals surface area contributed by atoms with Crippen molar-refractivity contribution >= 4 is 10.0 Å². The van der Waals surface area contributed by atoms with Crippen LogP contribution in [0.25, 0.3) is 0 Å². The molecule has 0 aliphatic rings. The van der Waals surface area contributed by atoms with Crippen LogP contribution in [0.5, 0.6) is 0 Å². The summed E-state index contributed by atoms with van der Waals surface area (Å²) in [6.07, 6.45) is 0. The highest BCUT2D eigenvalue weighted by Gasteiger charge is 2.20. The molecule has 0 spiro atoms. The van der Waals surface area contributed by atoms with E-state index in [1.807, 2.05) is 31.2 Å². The maximum Gasteiger partial charge on any atom is 0.243 e. The van der Waals surface area contributed by atoms with Gasteiger partial charge in [0.2, 0.25) is 10.0 Å². The summed E-state index contributed by atoms with van der Waals surface area (Å²) < 4.78 is 26.1. The average molecular weight is 275 g/mol. The van der Waals surface area contributed by atoms with E-state index in [1.54, 1.807) is 37.4 Å². The number of hydrogen-bond donors (Lipinski definition) is 0. The lowest BCUT2D eigenvalue weighted by atomic mass is 10.1. The van der Waals surface area contributed by atoms with Gasteiger partial charge in [-0.2, -0.15) is 4.31 Å². The van der Waals surface area contributed by atoms with Crippen molar-refractivity contribution in [3.05, 3.63) is 65.7 Å². The zero-order valence-corrected chi connectivity index (χ0v) is 11.9. The van der Waals surface area contributed by atoms with E-state index >= 15 is 0 Å². The predicted molar refractivity (Wildman–Crippen MR) is 76.3 cm³/mol. The standard InChI is InChI=1S/C15H17NO2S/c1-13-7-6-8-14(11-13)12-16(2)19(17,18)15-9-4-3-5-10-15/h3-11H,12H2,1-2H3. The summed E-state index contributed by atoms with van der Waals surface area (Å²) in [6, 6.07) is 16.4. The molecule has 0 aliphatic heterocycles. The first-order valence-electron chi connectivity index (χ1n) is 6.07. The second-order valence-corrected chi connectivity index (χ2v) is 6.61. The number of benzene rings is 2. The lowest BCUT2D eigenvalue weighted by molar-refractivity contribution is 0.466. The number of aryl methyl sites for hydroxylation is 1. The molecule has 4 heteroatoms. The lowest BCUT2D eigenvalue weighted by Crippen LogP contribution is -2.26. The van der Waals surface area contributed by atoms with Gasteiger partial charge in [-0.3, -0.25) is 0 Å². The minimum Gasteiger partial charge on any atom is -0.207 e. The molecule has 0 N–H and O–H groups in total. The van der Waals surface area contributed by atoms with E-state index in [0.29, 0.717) is 11.4 Å². The Morgan fingerprint density at radius 1 is 1.00 bits per heavy atom. The van der Waals surface area contributed by atoms with Crippen LogP contribution in [-0.4, -0.2) is 19.8 Å². The van der Waals surface area contributed by atoms with Gasteiger partial charge in [0.15, 0.2) is 0 Å². The maximum atomic E-state index is 12.3. The van der Waals surface area contributed by atoms with E-state index in [0.717, 1.165) is 11.1 Å². The predicted octanol–water partition coefficient (Wildman–Crippen LogP) is 2.82. The fraction of sp³-hybridized carbons (Fsp3) is 0.200. The van der Waals surface area contributed by atoms with Crippen molar-refractivity contribution in [1.82, 2.24) is 4.31 Å². The van der Waals surface area contributed by atoms with Crippen LogP contribution in [0, 0.1) is 6.92 Å². The fourth-order valence-corrected chi connectivity index (χ4v) is 3.10. The molecule has 100 valence electrons. The van der Waals surface area contributed by atoms with Crippen LogP contribution in [0.1, 0.15) is 11.1 Å². The zero-order valence-electron chi connectivity index (χ0n) is 11.1. The highest BCUT2D eigenvalue weighted by Crippen LogP contribution is 2.16. The summed E-state index contributed by atoms with van der Waals surface area (Å²) in [5.41, 5.74) is 2.12. The summed E-state index contributed by atoms with van der Waals surface area (Å²) in [5.74, 6) is 0. The van der Waals surface area contributed by atoms with Crippen molar-refractivity contribution in [1.29, 1.82) is 0 Å². The molecule has 0 unspecified atom stereocenters. The van der Waals surface area contributed by atoms with Crippen molar-refractivity contribution in [3.63, 3.8) is 0 Å². The van der Waals surface area contributed by atoms with Crippen LogP contribution in [0.2, 0.25) is 0 Å². The Morgan fingerprint density at radius 2 is 1.68 bits per heavy atom. The van der Waals surface area contributed by atoms with Crippen LogP contribution in [0.4, 0.5) is 0 Å². The van der Waals surface area contributed by atoms with Gasteiger partial charge in [0.25, 0.3) is 0 Å². The minimum atomic E-state index is -3.42.